The minimum atomic E-state index is -0.276. The first-order valence-electron chi connectivity index (χ1n) is 6.12. The van der Waals surface area contributed by atoms with E-state index in [1.54, 1.807) is 12.1 Å². The number of rotatable bonds is 3. The number of aromatic nitrogens is 2. The van der Waals surface area contributed by atoms with Crippen molar-refractivity contribution < 1.29 is 4.79 Å². The fourth-order valence-corrected chi connectivity index (χ4v) is 3.64. The zero-order valence-corrected chi connectivity index (χ0v) is 13.0. The highest BCUT2D eigenvalue weighted by Gasteiger charge is 2.18. The number of hydrogen-bond donors (Lipinski definition) is 2. The number of aryl methyl sites for hydroxylation is 1. The average molecular weight is 351 g/mol. The summed E-state index contributed by atoms with van der Waals surface area (Å²) in [6, 6.07) is 5.43. The van der Waals surface area contributed by atoms with Crippen LogP contribution in [0.2, 0.25) is 0 Å². The first kappa shape index (κ1) is 13.3. The average Bonchev–Trinajstić information content (AvgIpc) is 3.01. The number of benzene rings is 1. The molecular weight excluding hydrogens is 340 g/mol. The van der Waals surface area contributed by atoms with E-state index < -0.39 is 0 Å². The van der Waals surface area contributed by atoms with Crippen molar-refractivity contribution in [3.63, 3.8) is 0 Å². The van der Waals surface area contributed by atoms with Gasteiger partial charge in [0.05, 0.1) is 15.9 Å². The van der Waals surface area contributed by atoms with Crippen LogP contribution in [0.5, 0.6) is 0 Å². The van der Waals surface area contributed by atoms with Gasteiger partial charge in [-0.25, -0.2) is 4.79 Å². The molecular formula is C14H11BrN2O2S. The Bertz CT molecular complexity index is 860. The normalized spacial score (nSPS) is 11.1. The summed E-state index contributed by atoms with van der Waals surface area (Å²) in [6.07, 6.45) is 0.825. The first-order chi connectivity index (χ1) is 9.60. The van der Waals surface area contributed by atoms with Crippen LogP contribution in [0.15, 0.2) is 32.8 Å². The Hall–Kier alpha value is -1.66. The Labute approximate surface area is 127 Å². The van der Waals surface area contributed by atoms with Crippen LogP contribution in [0, 0.1) is 0 Å². The van der Waals surface area contributed by atoms with Crippen molar-refractivity contribution in [3.05, 3.63) is 54.5 Å². The molecule has 20 heavy (non-hydrogen) atoms. The van der Waals surface area contributed by atoms with Gasteiger partial charge in [-0.1, -0.05) is 6.92 Å². The predicted octanol–water partition coefficient (Wildman–Crippen LogP) is 3.47. The number of nitrogens with one attached hydrogen (secondary N) is 2. The van der Waals surface area contributed by atoms with Gasteiger partial charge in [0.1, 0.15) is 0 Å². The van der Waals surface area contributed by atoms with Gasteiger partial charge in [-0.2, -0.15) is 0 Å². The number of carbonyl (C=O) groups excluding carboxylic acids is 1. The molecule has 0 fully saturated rings. The molecule has 0 bridgehead atoms. The van der Waals surface area contributed by atoms with E-state index in [4.69, 9.17) is 0 Å². The molecule has 0 saturated carbocycles. The van der Waals surface area contributed by atoms with Crippen LogP contribution in [0.4, 0.5) is 0 Å². The molecule has 0 spiro atoms. The van der Waals surface area contributed by atoms with Crippen molar-refractivity contribution in [2.45, 2.75) is 13.3 Å². The molecule has 2 heterocycles. The maximum Gasteiger partial charge on any atom is 0.323 e. The molecule has 0 amide bonds. The molecule has 6 heteroatoms. The molecule has 0 atom stereocenters. The van der Waals surface area contributed by atoms with Gasteiger partial charge in [-0.3, -0.25) is 4.79 Å². The van der Waals surface area contributed by atoms with Gasteiger partial charge in [-0.15, -0.1) is 11.3 Å². The Balaban J connectivity index is 2.16. The number of fused-ring (bicyclic) bond motifs is 1. The molecule has 3 rings (SSSR count). The second-order valence-electron chi connectivity index (χ2n) is 4.41. The number of H-pyrrole nitrogens is 2. The van der Waals surface area contributed by atoms with E-state index in [9.17, 15) is 9.59 Å². The maximum absolute atomic E-state index is 12.6. The Morgan fingerprint density at radius 2 is 2.00 bits per heavy atom. The molecule has 2 N–H and O–H groups in total. The van der Waals surface area contributed by atoms with E-state index in [1.807, 2.05) is 18.4 Å². The number of halogens is 1. The number of thiophene rings is 1. The van der Waals surface area contributed by atoms with Gasteiger partial charge in [0.25, 0.3) is 0 Å². The zero-order chi connectivity index (χ0) is 14.3. The summed E-state index contributed by atoms with van der Waals surface area (Å²) in [7, 11) is 0. The maximum atomic E-state index is 12.6. The second kappa shape index (κ2) is 5.03. The minimum Gasteiger partial charge on any atom is -0.306 e. The Morgan fingerprint density at radius 3 is 2.70 bits per heavy atom. The van der Waals surface area contributed by atoms with E-state index in [0.717, 1.165) is 16.9 Å². The molecule has 0 saturated heterocycles. The van der Waals surface area contributed by atoms with Crippen LogP contribution in [-0.2, 0) is 6.42 Å². The van der Waals surface area contributed by atoms with Crippen molar-refractivity contribution in [2.24, 2.45) is 0 Å². The molecule has 0 aliphatic heterocycles. The van der Waals surface area contributed by atoms with Crippen molar-refractivity contribution in [1.29, 1.82) is 0 Å². The largest absolute Gasteiger partial charge is 0.323 e. The third kappa shape index (κ3) is 2.14. The molecule has 1 aromatic carbocycles. The fourth-order valence-electron chi connectivity index (χ4n) is 2.17. The first-order valence-corrected chi connectivity index (χ1v) is 7.80. The summed E-state index contributed by atoms with van der Waals surface area (Å²) in [5, 5.41) is 1.93. The lowest BCUT2D eigenvalue weighted by atomic mass is 10.1. The lowest BCUT2D eigenvalue weighted by molar-refractivity contribution is 0.104. The highest BCUT2D eigenvalue weighted by Crippen LogP contribution is 2.27. The number of imidazole rings is 1. The van der Waals surface area contributed by atoms with Crippen LogP contribution < -0.4 is 5.69 Å². The monoisotopic (exact) mass is 350 g/mol. The van der Waals surface area contributed by atoms with E-state index >= 15 is 0 Å². The SMILES string of the molecule is CCc1ccsc1C(=O)c1cc2[nH]c(=O)[nH]c2cc1Br. The highest BCUT2D eigenvalue weighted by atomic mass is 79.9. The number of hydrogen-bond acceptors (Lipinski definition) is 3. The molecule has 3 aromatic rings. The fraction of sp³-hybridized carbons (Fsp3) is 0.143. The van der Waals surface area contributed by atoms with Crippen LogP contribution >= 0.6 is 27.3 Å². The number of aromatic amines is 2. The zero-order valence-electron chi connectivity index (χ0n) is 10.6. The second-order valence-corrected chi connectivity index (χ2v) is 6.18. The Morgan fingerprint density at radius 1 is 1.30 bits per heavy atom. The van der Waals surface area contributed by atoms with Gasteiger partial charge >= 0.3 is 5.69 Å². The van der Waals surface area contributed by atoms with Crippen molar-refractivity contribution in [2.75, 3.05) is 0 Å². The standard InChI is InChI=1S/C14H11BrN2O2S/c1-2-7-3-4-20-13(7)12(18)8-5-10-11(6-9(8)15)17-14(19)16-10/h3-6H,2H2,1H3,(H2,16,17,19). The quantitative estimate of drug-likeness (QED) is 0.710. The van der Waals surface area contributed by atoms with Gasteiger partial charge in [0.2, 0.25) is 5.78 Å². The molecule has 4 nitrogen and oxygen atoms in total. The van der Waals surface area contributed by atoms with Crippen LogP contribution in [0.25, 0.3) is 11.0 Å². The summed E-state index contributed by atoms with van der Waals surface area (Å²) < 4.78 is 0.681. The molecule has 2 aromatic heterocycles. The van der Waals surface area contributed by atoms with Crippen LogP contribution in [0.1, 0.15) is 27.7 Å². The highest BCUT2D eigenvalue weighted by molar-refractivity contribution is 9.10. The van der Waals surface area contributed by atoms with Crippen LogP contribution in [0.3, 0.4) is 0 Å². The van der Waals surface area contributed by atoms with Crippen LogP contribution in [-0.4, -0.2) is 15.8 Å². The number of carbonyl (C=O) groups is 1. The van der Waals surface area contributed by atoms with Crippen molar-refractivity contribution >= 4 is 44.1 Å². The van der Waals surface area contributed by atoms with Gasteiger partial charge in [-0.05, 0) is 51.5 Å². The summed E-state index contributed by atoms with van der Waals surface area (Å²) in [5.74, 6) is -0.0207. The summed E-state index contributed by atoms with van der Waals surface area (Å²) in [4.78, 5) is 30.0. The smallest absolute Gasteiger partial charge is 0.306 e. The van der Waals surface area contributed by atoms with E-state index in [0.29, 0.717) is 21.1 Å². The van der Waals surface area contributed by atoms with Crippen molar-refractivity contribution in [3.8, 4) is 0 Å². The van der Waals surface area contributed by atoms with E-state index in [1.165, 1.54) is 11.3 Å². The van der Waals surface area contributed by atoms with Gasteiger partial charge in [0, 0.05) is 10.0 Å². The summed E-state index contributed by atoms with van der Waals surface area (Å²) in [5.41, 5.74) is 2.65. The molecule has 0 aliphatic carbocycles. The third-order valence-electron chi connectivity index (χ3n) is 3.18. The summed E-state index contributed by atoms with van der Waals surface area (Å²) >= 11 is 4.85. The van der Waals surface area contributed by atoms with Crippen molar-refractivity contribution in [1.82, 2.24) is 9.97 Å². The molecule has 0 aliphatic rings. The summed E-state index contributed by atoms with van der Waals surface area (Å²) in [6.45, 7) is 2.03. The molecule has 0 radical (unpaired) electrons. The minimum absolute atomic E-state index is 0.0207. The third-order valence-corrected chi connectivity index (χ3v) is 4.79. The lowest BCUT2D eigenvalue weighted by Gasteiger charge is -2.04. The number of ketones is 1. The topological polar surface area (TPSA) is 65.7 Å². The van der Waals surface area contributed by atoms with Gasteiger partial charge in [0.15, 0.2) is 0 Å². The lowest BCUT2D eigenvalue weighted by Crippen LogP contribution is -2.03. The molecule has 102 valence electrons. The Kier molecular flexibility index (Phi) is 3.35. The predicted molar refractivity (Wildman–Crippen MR) is 83.7 cm³/mol. The van der Waals surface area contributed by atoms with Gasteiger partial charge < -0.3 is 9.97 Å². The van der Waals surface area contributed by atoms with E-state index in [-0.39, 0.29) is 11.5 Å². The van der Waals surface area contributed by atoms with E-state index in [2.05, 4.69) is 25.9 Å². The molecule has 0 unspecified atom stereocenters.